The second-order valence-electron chi connectivity index (χ2n) is 11.2. The highest BCUT2D eigenvalue weighted by molar-refractivity contribution is 5.88. The van der Waals surface area contributed by atoms with Gasteiger partial charge in [0, 0.05) is 38.6 Å². The van der Waals surface area contributed by atoms with Crippen LogP contribution in [0.5, 0.6) is 0 Å². The van der Waals surface area contributed by atoms with Gasteiger partial charge in [-0.25, -0.2) is 14.8 Å². The molecule has 1 fully saturated rings. The number of nitrogens with zero attached hydrogens (tertiary/aromatic N) is 6. The molecule has 0 bridgehead atoms. The number of carbonyl (C=O) groups is 2. The highest BCUT2D eigenvalue weighted by Crippen LogP contribution is 2.29. The van der Waals surface area contributed by atoms with Gasteiger partial charge in [-0.3, -0.25) is 4.79 Å². The van der Waals surface area contributed by atoms with Crippen LogP contribution in [0.15, 0.2) is 42.9 Å². The third-order valence-electron chi connectivity index (χ3n) is 7.11. The quantitative estimate of drug-likeness (QED) is 0.432. The highest BCUT2D eigenvalue weighted by Gasteiger charge is 2.32. The Morgan fingerprint density at radius 1 is 1.20 bits per heavy atom. The molecule has 0 radical (unpaired) electrons. The fourth-order valence-electron chi connectivity index (χ4n) is 4.92. The smallest absolute Gasteiger partial charge is 0.407 e. The summed E-state index contributed by atoms with van der Waals surface area (Å²) in [5.41, 5.74) is 2.18. The number of alkyl carbamates (subject to hydrolysis) is 1. The summed E-state index contributed by atoms with van der Waals surface area (Å²) >= 11 is 0. The molecule has 0 spiro atoms. The van der Waals surface area contributed by atoms with E-state index in [0.29, 0.717) is 32.2 Å². The number of ether oxygens (including phenoxy) is 1. The van der Waals surface area contributed by atoms with Crippen LogP contribution in [0.2, 0.25) is 0 Å². The Balaban J connectivity index is 1.40. The number of nitrogens with one attached hydrogen (secondary N) is 2. The summed E-state index contributed by atoms with van der Waals surface area (Å²) in [4.78, 5) is 37.3. The minimum Gasteiger partial charge on any atom is -0.444 e. The molecule has 3 heterocycles. The maximum absolute atomic E-state index is 12.4. The van der Waals surface area contributed by atoms with Gasteiger partial charge in [-0.1, -0.05) is 19.1 Å². The van der Waals surface area contributed by atoms with Gasteiger partial charge >= 0.3 is 6.09 Å². The van der Waals surface area contributed by atoms with E-state index in [9.17, 15) is 9.59 Å². The number of hydrogen-bond acceptors (Lipinski definition) is 8. The average molecular weight is 547 g/mol. The van der Waals surface area contributed by atoms with Crippen LogP contribution in [0.3, 0.4) is 0 Å². The maximum Gasteiger partial charge on any atom is 0.407 e. The van der Waals surface area contributed by atoms with Crippen molar-refractivity contribution >= 4 is 34.5 Å². The van der Waals surface area contributed by atoms with E-state index in [1.165, 1.54) is 0 Å². The molecule has 0 aliphatic carbocycles. The highest BCUT2D eigenvalue weighted by atomic mass is 16.6. The van der Waals surface area contributed by atoms with Gasteiger partial charge in [0.15, 0.2) is 0 Å². The first-order valence-corrected chi connectivity index (χ1v) is 13.5. The Morgan fingerprint density at radius 3 is 2.65 bits per heavy atom. The molecule has 1 aromatic carbocycles. The van der Waals surface area contributed by atoms with Crippen molar-refractivity contribution in [1.82, 2.24) is 24.8 Å². The molecule has 0 saturated carbocycles. The van der Waals surface area contributed by atoms with Gasteiger partial charge < -0.3 is 29.7 Å². The zero-order valence-electron chi connectivity index (χ0n) is 23.8. The number of carbonyl (C=O) groups excluding carboxylic acids is 2. The van der Waals surface area contributed by atoms with Gasteiger partial charge in [0.25, 0.3) is 0 Å². The molecule has 11 nitrogen and oxygen atoms in total. The molecule has 212 valence electrons. The fraction of sp³-hybridized carbons (Fsp3) is 0.483. The number of likely N-dealkylation sites (tertiary alicyclic amines) is 1. The molecular formula is C29H38N8O3. The van der Waals surface area contributed by atoms with Gasteiger partial charge in [0.2, 0.25) is 5.91 Å². The third-order valence-corrected chi connectivity index (χ3v) is 7.11. The number of nitriles is 1. The van der Waals surface area contributed by atoms with E-state index in [4.69, 9.17) is 10.00 Å². The van der Waals surface area contributed by atoms with Crippen LogP contribution < -0.4 is 15.5 Å². The van der Waals surface area contributed by atoms with Gasteiger partial charge in [-0.05, 0) is 56.9 Å². The fourth-order valence-corrected chi connectivity index (χ4v) is 4.92. The summed E-state index contributed by atoms with van der Waals surface area (Å²) in [6, 6.07) is 11.9. The van der Waals surface area contributed by atoms with E-state index in [1.54, 1.807) is 11.2 Å². The second-order valence-corrected chi connectivity index (χ2v) is 11.2. The minimum absolute atomic E-state index is 0.0827. The minimum atomic E-state index is -0.532. The number of amides is 2. The lowest BCUT2D eigenvalue weighted by atomic mass is 9.92. The van der Waals surface area contributed by atoms with Crippen LogP contribution in [0.1, 0.15) is 46.1 Å². The Morgan fingerprint density at radius 2 is 1.95 bits per heavy atom. The number of piperidine rings is 1. The molecular weight excluding hydrogens is 508 g/mol. The predicted octanol–water partition coefficient (Wildman–Crippen LogP) is 4.11. The van der Waals surface area contributed by atoms with Crippen LogP contribution in [0, 0.1) is 17.2 Å². The lowest BCUT2D eigenvalue weighted by Crippen LogP contribution is -2.52. The largest absolute Gasteiger partial charge is 0.444 e. The summed E-state index contributed by atoms with van der Waals surface area (Å²) in [5, 5.41) is 16.1. The van der Waals surface area contributed by atoms with Crippen LogP contribution in [-0.2, 0) is 22.7 Å². The third kappa shape index (κ3) is 7.00. The van der Waals surface area contributed by atoms with Gasteiger partial charge in [0.05, 0.1) is 24.2 Å². The van der Waals surface area contributed by atoms with E-state index < -0.39 is 11.7 Å². The standard InChI is InChI=1S/C29H38N8O3/c1-20-11-14-36(25(38)10-13-30)17-24(20)35(5)26-23-12-15-37(27(23)33-18-32-26)19-34-22-8-6-21(7-9-22)16-31-28(39)40-29(2,3)4/h6-9,12,15,18,20,24,34H,10-11,14,16-17,19H2,1-5H3,(H,31,39)/t20-,24+/m1/s1. The molecule has 4 rings (SSSR count). The zero-order valence-corrected chi connectivity index (χ0v) is 23.8. The van der Waals surface area contributed by atoms with Gasteiger partial charge in [-0.15, -0.1) is 0 Å². The molecule has 1 saturated heterocycles. The number of hydrogen-bond donors (Lipinski definition) is 2. The Hall–Kier alpha value is -4.33. The molecule has 40 heavy (non-hydrogen) atoms. The molecule has 0 unspecified atom stereocenters. The van der Waals surface area contributed by atoms with Crippen molar-refractivity contribution in [2.75, 3.05) is 30.4 Å². The number of benzene rings is 1. The summed E-state index contributed by atoms with van der Waals surface area (Å²) in [6.45, 7) is 9.83. The van der Waals surface area contributed by atoms with Crippen molar-refractivity contribution in [3.63, 3.8) is 0 Å². The van der Waals surface area contributed by atoms with Crippen molar-refractivity contribution in [3.05, 3.63) is 48.4 Å². The van der Waals surface area contributed by atoms with E-state index in [-0.39, 0.29) is 18.4 Å². The Bertz CT molecular complexity index is 1370. The Kier molecular flexibility index (Phi) is 8.77. The molecule has 1 aliphatic rings. The molecule has 3 aromatic rings. The van der Waals surface area contributed by atoms with Crippen LogP contribution >= 0.6 is 0 Å². The summed E-state index contributed by atoms with van der Waals surface area (Å²) in [5.74, 6) is 1.06. The average Bonchev–Trinajstić information content (AvgIpc) is 3.33. The van der Waals surface area contributed by atoms with Gasteiger partial charge in [-0.2, -0.15) is 5.26 Å². The number of aromatic nitrogens is 3. The normalized spacial score (nSPS) is 17.2. The SMILES string of the molecule is C[C@@H]1CCN(C(=O)CC#N)C[C@@H]1N(C)c1ncnc2c1ccn2CNc1ccc(CNC(=O)OC(C)(C)C)cc1. The number of anilines is 2. The molecule has 1 aliphatic heterocycles. The van der Waals surface area contributed by atoms with Crippen molar-refractivity contribution in [3.8, 4) is 6.07 Å². The van der Waals surface area contributed by atoms with E-state index in [2.05, 4.69) is 32.4 Å². The van der Waals surface area contributed by atoms with Crippen molar-refractivity contribution in [2.24, 2.45) is 5.92 Å². The molecule has 2 atom stereocenters. The number of likely N-dealkylation sites (N-methyl/N-ethyl adjacent to an activating group) is 1. The first-order chi connectivity index (χ1) is 19.1. The molecule has 2 N–H and O–H groups in total. The number of rotatable bonds is 8. The van der Waals surface area contributed by atoms with Crippen LogP contribution in [0.25, 0.3) is 11.0 Å². The number of fused-ring (bicyclic) bond motifs is 1. The zero-order chi connectivity index (χ0) is 28.9. The first kappa shape index (κ1) is 28.7. The van der Waals surface area contributed by atoms with Crippen LogP contribution in [0.4, 0.5) is 16.3 Å². The molecule has 11 heteroatoms. The van der Waals surface area contributed by atoms with Crippen molar-refractivity contribution < 1.29 is 14.3 Å². The summed E-state index contributed by atoms with van der Waals surface area (Å²) in [7, 11) is 2.01. The second kappa shape index (κ2) is 12.2. The van der Waals surface area contributed by atoms with E-state index >= 15 is 0 Å². The van der Waals surface area contributed by atoms with Crippen molar-refractivity contribution in [1.29, 1.82) is 5.26 Å². The van der Waals surface area contributed by atoms with Gasteiger partial charge in [0.1, 0.15) is 29.8 Å². The first-order valence-electron chi connectivity index (χ1n) is 13.5. The van der Waals surface area contributed by atoms with Crippen molar-refractivity contribution in [2.45, 2.75) is 65.4 Å². The molecule has 2 amide bonds. The monoisotopic (exact) mass is 546 g/mol. The van der Waals surface area contributed by atoms with E-state index in [0.717, 1.165) is 34.5 Å². The topological polar surface area (TPSA) is 128 Å². The van der Waals surface area contributed by atoms with Crippen LogP contribution in [-0.4, -0.2) is 63.2 Å². The molecule has 2 aromatic heterocycles. The summed E-state index contributed by atoms with van der Waals surface area (Å²) in [6.07, 6.45) is 3.90. The maximum atomic E-state index is 12.4. The lowest BCUT2D eigenvalue weighted by Gasteiger charge is -2.42. The Labute approximate surface area is 235 Å². The van der Waals surface area contributed by atoms with E-state index in [1.807, 2.05) is 75.0 Å². The lowest BCUT2D eigenvalue weighted by molar-refractivity contribution is -0.131. The summed E-state index contributed by atoms with van der Waals surface area (Å²) < 4.78 is 7.31. The predicted molar refractivity (Wildman–Crippen MR) is 153 cm³/mol.